The number of aromatic nitrogens is 1. The molecular formula is C20H13Cl2NO7. The fraction of sp³-hybridized carbons (Fsp3) is 0.100. The molecule has 0 unspecified atom stereocenters. The van der Waals surface area contributed by atoms with Crippen molar-refractivity contribution in [2.24, 2.45) is 0 Å². The highest BCUT2D eigenvalue weighted by molar-refractivity contribution is 6.43. The summed E-state index contributed by atoms with van der Waals surface area (Å²) in [5.41, 5.74) is -3.88. The van der Waals surface area contributed by atoms with Crippen LogP contribution in [0.1, 0.15) is 28.5 Å². The van der Waals surface area contributed by atoms with Gasteiger partial charge in [-0.15, -0.1) is 0 Å². The number of fused-ring (bicyclic) bond motifs is 1. The third-order valence-electron chi connectivity index (χ3n) is 4.35. The molecule has 0 spiro atoms. The molecule has 0 fully saturated rings. The van der Waals surface area contributed by atoms with Crippen LogP contribution in [-0.2, 0) is 24.7 Å². The third kappa shape index (κ3) is 3.40. The van der Waals surface area contributed by atoms with E-state index in [2.05, 4.69) is 4.98 Å². The number of carbonyl (C=O) groups excluding carboxylic acids is 2. The van der Waals surface area contributed by atoms with Crippen molar-refractivity contribution in [1.82, 2.24) is 4.98 Å². The first-order valence-corrected chi connectivity index (χ1v) is 9.12. The van der Waals surface area contributed by atoms with Crippen molar-refractivity contribution in [2.75, 3.05) is 0 Å². The Morgan fingerprint density at radius 2 is 1.53 bits per heavy atom. The van der Waals surface area contributed by atoms with Gasteiger partial charge in [0.15, 0.2) is 0 Å². The lowest BCUT2D eigenvalue weighted by atomic mass is 9.88. The van der Waals surface area contributed by atoms with Gasteiger partial charge in [0.2, 0.25) is 5.78 Å². The fourth-order valence-electron chi connectivity index (χ4n) is 3.12. The molecule has 10 heteroatoms. The number of ketones is 1. The summed E-state index contributed by atoms with van der Waals surface area (Å²) in [6, 6.07) is 10.3. The lowest BCUT2D eigenvalue weighted by Gasteiger charge is -2.25. The summed E-state index contributed by atoms with van der Waals surface area (Å²) in [5, 5.41) is 19.7. The first-order chi connectivity index (χ1) is 14.1. The number of carboxylic acid groups (broad SMARTS) is 2. The number of aliphatic carboxylic acids is 2. The molecule has 30 heavy (non-hydrogen) atoms. The van der Waals surface area contributed by atoms with E-state index in [9.17, 15) is 29.4 Å². The van der Waals surface area contributed by atoms with Crippen molar-refractivity contribution >= 4 is 57.8 Å². The third-order valence-corrected chi connectivity index (χ3v) is 5.08. The monoisotopic (exact) mass is 449 g/mol. The number of rotatable bonds is 6. The van der Waals surface area contributed by atoms with Crippen LogP contribution in [0.3, 0.4) is 0 Å². The summed E-state index contributed by atoms with van der Waals surface area (Å²) in [6.07, 6.45) is 0. The molecule has 0 aliphatic carbocycles. The van der Waals surface area contributed by atoms with E-state index in [4.69, 9.17) is 27.9 Å². The summed E-state index contributed by atoms with van der Waals surface area (Å²) in [6.45, 7) is 0.859. The number of aromatic amines is 1. The van der Waals surface area contributed by atoms with Crippen molar-refractivity contribution in [3.8, 4) is 0 Å². The van der Waals surface area contributed by atoms with Crippen LogP contribution in [0, 0.1) is 0 Å². The Balaban J connectivity index is 2.47. The molecule has 0 saturated carbocycles. The molecule has 0 aliphatic heterocycles. The van der Waals surface area contributed by atoms with Crippen molar-refractivity contribution in [3.05, 3.63) is 69.3 Å². The highest BCUT2D eigenvalue weighted by Crippen LogP contribution is 2.40. The quantitative estimate of drug-likeness (QED) is 0.297. The van der Waals surface area contributed by atoms with Crippen LogP contribution in [0.5, 0.6) is 0 Å². The van der Waals surface area contributed by atoms with Gasteiger partial charge in [0.25, 0.3) is 0 Å². The zero-order valence-corrected chi connectivity index (χ0v) is 16.7. The van der Waals surface area contributed by atoms with Crippen molar-refractivity contribution in [1.29, 1.82) is 0 Å². The number of benzene rings is 2. The van der Waals surface area contributed by atoms with Crippen LogP contribution < -0.4 is 0 Å². The van der Waals surface area contributed by atoms with Gasteiger partial charge in [0, 0.05) is 23.4 Å². The molecule has 0 bridgehead atoms. The topological polar surface area (TPSA) is 134 Å². The molecule has 0 aliphatic rings. The van der Waals surface area contributed by atoms with Crippen LogP contribution in [0.25, 0.3) is 10.9 Å². The van der Waals surface area contributed by atoms with Gasteiger partial charge in [-0.25, -0.2) is 9.59 Å². The lowest BCUT2D eigenvalue weighted by molar-refractivity contribution is -0.191. The Labute approximate surface area is 179 Å². The normalized spacial score (nSPS) is 11.3. The number of carbonyl (C=O) groups is 4. The van der Waals surface area contributed by atoms with Gasteiger partial charge in [0.05, 0.1) is 21.3 Å². The van der Waals surface area contributed by atoms with Crippen LogP contribution in [0.4, 0.5) is 0 Å². The van der Waals surface area contributed by atoms with E-state index >= 15 is 0 Å². The summed E-state index contributed by atoms with van der Waals surface area (Å²) in [7, 11) is 0. The van der Waals surface area contributed by atoms with E-state index in [0.717, 1.165) is 6.92 Å². The first kappa shape index (κ1) is 21.4. The second kappa shape index (κ2) is 7.81. The molecule has 2 aromatic carbocycles. The van der Waals surface area contributed by atoms with Crippen LogP contribution in [0.2, 0.25) is 10.0 Å². The van der Waals surface area contributed by atoms with Crippen molar-refractivity contribution < 1.29 is 34.1 Å². The molecule has 0 saturated heterocycles. The predicted octanol–water partition coefficient (Wildman–Crippen LogP) is 3.63. The van der Waals surface area contributed by atoms with Gasteiger partial charge < -0.3 is 19.9 Å². The Hall–Kier alpha value is -3.36. The van der Waals surface area contributed by atoms with Gasteiger partial charge in [-0.3, -0.25) is 9.59 Å². The molecule has 3 rings (SSSR count). The molecule has 3 N–H and O–H groups in total. The highest BCUT2D eigenvalue weighted by atomic mass is 35.5. The number of H-pyrrole nitrogens is 1. The van der Waals surface area contributed by atoms with Gasteiger partial charge in [-0.05, 0) is 12.1 Å². The molecule has 1 heterocycles. The highest BCUT2D eigenvalue weighted by Gasteiger charge is 2.56. The zero-order chi connectivity index (χ0) is 22.2. The number of ether oxygens (including phenoxy) is 1. The smallest absolute Gasteiger partial charge is 0.365 e. The molecule has 0 amide bonds. The van der Waals surface area contributed by atoms with Gasteiger partial charge in [-0.2, -0.15) is 0 Å². The van der Waals surface area contributed by atoms with Crippen molar-refractivity contribution in [3.63, 3.8) is 0 Å². The van der Waals surface area contributed by atoms with E-state index in [1.54, 1.807) is 18.2 Å². The number of hydrogen-bond donors (Lipinski definition) is 3. The van der Waals surface area contributed by atoms with Gasteiger partial charge >= 0.3 is 23.5 Å². The molecule has 0 atom stereocenters. The minimum absolute atomic E-state index is 0.0179. The van der Waals surface area contributed by atoms with E-state index in [-0.39, 0.29) is 32.2 Å². The average molecular weight is 450 g/mol. The minimum Gasteiger partial charge on any atom is -0.478 e. The lowest BCUT2D eigenvalue weighted by Crippen LogP contribution is -2.48. The van der Waals surface area contributed by atoms with Crippen LogP contribution in [-0.4, -0.2) is 38.9 Å². The second-order valence-electron chi connectivity index (χ2n) is 6.27. The summed E-state index contributed by atoms with van der Waals surface area (Å²) in [5.74, 6) is -5.89. The number of esters is 1. The Bertz CT molecular complexity index is 1190. The van der Waals surface area contributed by atoms with Crippen LogP contribution in [0.15, 0.2) is 42.5 Å². The van der Waals surface area contributed by atoms with E-state index < -0.39 is 34.9 Å². The number of halogens is 2. The van der Waals surface area contributed by atoms with E-state index in [1.807, 2.05) is 0 Å². The molecule has 0 radical (unpaired) electrons. The fourth-order valence-corrected chi connectivity index (χ4v) is 3.45. The summed E-state index contributed by atoms with van der Waals surface area (Å²) < 4.78 is 4.82. The number of hydrogen-bond acceptors (Lipinski definition) is 5. The maximum Gasteiger partial charge on any atom is 0.365 e. The largest absolute Gasteiger partial charge is 0.478 e. The summed E-state index contributed by atoms with van der Waals surface area (Å²) >= 11 is 12.1. The maximum atomic E-state index is 13.2. The zero-order valence-electron chi connectivity index (χ0n) is 15.2. The SMILES string of the molecule is CC(=O)OC(C(=O)O)(C(=O)O)c1c(C(=O)c2ccccc2)[nH]c2cc(Cl)c(Cl)cc12. The van der Waals surface area contributed by atoms with Crippen LogP contribution >= 0.6 is 23.2 Å². The molecule has 154 valence electrons. The molecule has 1 aromatic heterocycles. The van der Waals surface area contributed by atoms with Gasteiger partial charge in [0.1, 0.15) is 0 Å². The standard InChI is InChI=1S/C20H13Cl2NO7/c1-9(24)30-20(18(26)27,19(28)29)15-11-7-12(21)13(22)8-14(11)23-16(15)17(25)10-5-3-2-4-6-10/h2-8,23H,1H3,(H,26,27)(H,28,29). The number of nitrogens with one attached hydrogen (secondary N) is 1. The Kier molecular flexibility index (Phi) is 5.56. The number of carboxylic acids is 2. The van der Waals surface area contributed by atoms with E-state index in [1.165, 1.54) is 24.3 Å². The van der Waals surface area contributed by atoms with E-state index in [0.29, 0.717) is 0 Å². The molecular weight excluding hydrogens is 437 g/mol. The minimum atomic E-state index is -3.21. The second-order valence-corrected chi connectivity index (χ2v) is 7.08. The molecule has 8 nitrogen and oxygen atoms in total. The Morgan fingerprint density at radius 1 is 0.967 bits per heavy atom. The first-order valence-electron chi connectivity index (χ1n) is 8.37. The molecule has 3 aromatic rings. The summed E-state index contributed by atoms with van der Waals surface area (Å²) in [4.78, 5) is 51.9. The predicted molar refractivity (Wildman–Crippen MR) is 107 cm³/mol. The van der Waals surface area contributed by atoms with Crippen molar-refractivity contribution in [2.45, 2.75) is 12.5 Å². The maximum absolute atomic E-state index is 13.2. The average Bonchev–Trinajstić information content (AvgIpc) is 3.04. The Morgan fingerprint density at radius 3 is 2.07 bits per heavy atom. The van der Waals surface area contributed by atoms with Gasteiger partial charge in [-0.1, -0.05) is 53.5 Å².